The van der Waals surface area contributed by atoms with Gasteiger partial charge in [0.1, 0.15) is 11.9 Å². The van der Waals surface area contributed by atoms with Crippen LogP contribution in [0.5, 0.6) is 0 Å². The number of halogens is 1. The lowest BCUT2D eigenvalue weighted by atomic mass is 10.1. The number of nitrogens with one attached hydrogen (secondary N) is 1. The Hall–Kier alpha value is -0.680. The standard InChI is InChI=1S/C14H22BrN3O/c1-5-19-12(8(2)3)14-17-11(9-6-7-9)10(15)13(16-4)18-14/h8-9,12H,5-7H2,1-4H3,(H,16,17,18). The van der Waals surface area contributed by atoms with Gasteiger partial charge in [0.15, 0.2) is 5.82 Å². The maximum atomic E-state index is 5.82. The fourth-order valence-electron chi connectivity index (χ4n) is 2.15. The summed E-state index contributed by atoms with van der Waals surface area (Å²) in [5.41, 5.74) is 1.12. The van der Waals surface area contributed by atoms with Crippen LogP contribution < -0.4 is 5.32 Å². The van der Waals surface area contributed by atoms with Gasteiger partial charge >= 0.3 is 0 Å². The number of rotatable bonds is 6. The zero-order valence-electron chi connectivity index (χ0n) is 12.0. The first kappa shape index (κ1) is 14.7. The quantitative estimate of drug-likeness (QED) is 0.860. The molecule has 0 bridgehead atoms. The molecule has 1 atom stereocenters. The molecule has 1 unspecified atom stereocenters. The predicted molar refractivity (Wildman–Crippen MR) is 80.5 cm³/mol. The minimum absolute atomic E-state index is 0.0392. The number of aromatic nitrogens is 2. The highest BCUT2D eigenvalue weighted by Crippen LogP contribution is 2.44. The molecular formula is C14H22BrN3O. The van der Waals surface area contributed by atoms with E-state index < -0.39 is 0 Å². The topological polar surface area (TPSA) is 47.0 Å². The molecule has 0 amide bonds. The highest BCUT2D eigenvalue weighted by Gasteiger charge is 2.31. The fraction of sp³-hybridized carbons (Fsp3) is 0.714. The molecule has 0 aromatic carbocycles. The van der Waals surface area contributed by atoms with Crippen molar-refractivity contribution in [2.45, 2.75) is 45.6 Å². The van der Waals surface area contributed by atoms with Crippen LogP contribution in [0.2, 0.25) is 0 Å². The van der Waals surface area contributed by atoms with Crippen LogP contribution in [0, 0.1) is 5.92 Å². The van der Waals surface area contributed by atoms with E-state index in [2.05, 4.69) is 40.1 Å². The Morgan fingerprint density at radius 1 is 1.37 bits per heavy atom. The lowest BCUT2D eigenvalue weighted by Crippen LogP contribution is -2.17. The van der Waals surface area contributed by atoms with Gasteiger partial charge in [-0.1, -0.05) is 13.8 Å². The van der Waals surface area contributed by atoms with Crippen molar-refractivity contribution < 1.29 is 4.74 Å². The van der Waals surface area contributed by atoms with Crippen molar-refractivity contribution in [3.05, 3.63) is 16.0 Å². The van der Waals surface area contributed by atoms with Crippen molar-refractivity contribution in [2.24, 2.45) is 5.92 Å². The Morgan fingerprint density at radius 2 is 2.05 bits per heavy atom. The summed E-state index contributed by atoms with van der Waals surface area (Å²) in [6.45, 7) is 6.97. The van der Waals surface area contributed by atoms with Crippen LogP contribution in [-0.2, 0) is 4.74 Å². The van der Waals surface area contributed by atoms with Crippen molar-refractivity contribution in [3.63, 3.8) is 0 Å². The molecule has 0 saturated heterocycles. The summed E-state index contributed by atoms with van der Waals surface area (Å²) in [6, 6.07) is 0. The van der Waals surface area contributed by atoms with Crippen LogP contribution in [0.1, 0.15) is 57.2 Å². The van der Waals surface area contributed by atoms with Crippen molar-refractivity contribution >= 4 is 21.7 Å². The van der Waals surface area contributed by atoms with E-state index in [4.69, 9.17) is 9.72 Å². The molecule has 0 aliphatic heterocycles. The summed E-state index contributed by atoms with van der Waals surface area (Å²) >= 11 is 3.61. The predicted octanol–water partition coefficient (Wildman–Crippen LogP) is 3.89. The fourth-order valence-corrected chi connectivity index (χ4v) is 2.85. The average molecular weight is 328 g/mol. The molecule has 5 heteroatoms. The molecule has 1 aromatic rings. The lowest BCUT2D eigenvalue weighted by molar-refractivity contribution is 0.0231. The van der Waals surface area contributed by atoms with E-state index in [1.807, 2.05) is 14.0 Å². The minimum Gasteiger partial charge on any atom is -0.372 e. The van der Waals surface area contributed by atoms with Gasteiger partial charge in [0.25, 0.3) is 0 Å². The van der Waals surface area contributed by atoms with Gasteiger partial charge in [0, 0.05) is 19.6 Å². The first-order chi connectivity index (χ1) is 9.08. The molecule has 1 saturated carbocycles. The van der Waals surface area contributed by atoms with Crippen LogP contribution in [0.3, 0.4) is 0 Å². The third-order valence-corrected chi connectivity index (χ3v) is 4.08. The van der Waals surface area contributed by atoms with Gasteiger partial charge in [-0.25, -0.2) is 9.97 Å². The Balaban J connectivity index is 2.41. The van der Waals surface area contributed by atoms with Gasteiger partial charge in [-0.15, -0.1) is 0 Å². The van der Waals surface area contributed by atoms with Gasteiger partial charge in [-0.3, -0.25) is 0 Å². The van der Waals surface area contributed by atoms with Crippen LogP contribution in [0.15, 0.2) is 4.47 Å². The smallest absolute Gasteiger partial charge is 0.160 e. The molecule has 1 heterocycles. The third-order valence-electron chi connectivity index (χ3n) is 3.30. The molecule has 1 aromatic heterocycles. The van der Waals surface area contributed by atoms with Crippen LogP contribution >= 0.6 is 15.9 Å². The second-order valence-electron chi connectivity index (χ2n) is 5.27. The molecular weight excluding hydrogens is 306 g/mol. The van der Waals surface area contributed by atoms with Gasteiger partial charge in [-0.05, 0) is 41.6 Å². The highest BCUT2D eigenvalue weighted by atomic mass is 79.9. The number of hydrogen-bond acceptors (Lipinski definition) is 4. The third kappa shape index (κ3) is 3.26. The summed E-state index contributed by atoms with van der Waals surface area (Å²) in [4.78, 5) is 9.37. The van der Waals surface area contributed by atoms with E-state index in [0.717, 1.165) is 21.8 Å². The maximum Gasteiger partial charge on any atom is 0.160 e. The minimum atomic E-state index is -0.0392. The number of ether oxygens (including phenoxy) is 1. The summed E-state index contributed by atoms with van der Waals surface area (Å²) in [7, 11) is 1.89. The first-order valence-corrected chi connectivity index (χ1v) is 7.74. The van der Waals surface area contributed by atoms with E-state index in [9.17, 15) is 0 Å². The second kappa shape index (κ2) is 6.18. The average Bonchev–Trinajstić information content (AvgIpc) is 3.20. The SMILES string of the molecule is CCOC(c1nc(NC)c(Br)c(C2CC2)n1)C(C)C. The lowest BCUT2D eigenvalue weighted by Gasteiger charge is -2.21. The van der Waals surface area contributed by atoms with Gasteiger partial charge in [0.2, 0.25) is 0 Å². The van der Waals surface area contributed by atoms with Crippen molar-refractivity contribution in [1.29, 1.82) is 0 Å². The van der Waals surface area contributed by atoms with E-state index in [0.29, 0.717) is 18.4 Å². The molecule has 0 radical (unpaired) electrons. The Bertz CT molecular complexity index is 447. The summed E-state index contributed by atoms with van der Waals surface area (Å²) in [6.07, 6.45) is 2.40. The summed E-state index contributed by atoms with van der Waals surface area (Å²) < 4.78 is 6.82. The van der Waals surface area contributed by atoms with E-state index in [-0.39, 0.29) is 6.10 Å². The van der Waals surface area contributed by atoms with Crippen LogP contribution in [0.4, 0.5) is 5.82 Å². The molecule has 1 N–H and O–H groups in total. The Labute approximate surface area is 123 Å². The van der Waals surface area contributed by atoms with Gasteiger partial charge in [0.05, 0.1) is 10.2 Å². The number of hydrogen-bond donors (Lipinski definition) is 1. The molecule has 19 heavy (non-hydrogen) atoms. The normalized spacial score (nSPS) is 16.7. The highest BCUT2D eigenvalue weighted by molar-refractivity contribution is 9.10. The van der Waals surface area contributed by atoms with Crippen molar-refractivity contribution in [2.75, 3.05) is 19.0 Å². The summed E-state index contributed by atoms with van der Waals surface area (Å²) in [5.74, 6) is 2.60. The van der Waals surface area contributed by atoms with Crippen LogP contribution in [-0.4, -0.2) is 23.6 Å². The molecule has 106 valence electrons. The van der Waals surface area contributed by atoms with Crippen molar-refractivity contribution in [1.82, 2.24) is 9.97 Å². The summed E-state index contributed by atoms with van der Waals surface area (Å²) in [5, 5.41) is 3.14. The van der Waals surface area contributed by atoms with E-state index in [1.165, 1.54) is 12.8 Å². The Morgan fingerprint density at radius 3 is 2.53 bits per heavy atom. The van der Waals surface area contributed by atoms with Gasteiger partial charge in [-0.2, -0.15) is 0 Å². The van der Waals surface area contributed by atoms with Crippen molar-refractivity contribution in [3.8, 4) is 0 Å². The van der Waals surface area contributed by atoms with E-state index in [1.54, 1.807) is 0 Å². The second-order valence-corrected chi connectivity index (χ2v) is 6.07. The molecule has 0 spiro atoms. The zero-order chi connectivity index (χ0) is 14.0. The van der Waals surface area contributed by atoms with Gasteiger partial charge < -0.3 is 10.1 Å². The van der Waals surface area contributed by atoms with Crippen LogP contribution in [0.25, 0.3) is 0 Å². The van der Waals surface area contributed by atoms with E-state index >= 15 is 0 Å². The number of nitrogens with zero attached hydrogens (tertiary/aromatic N) is 2. The molecule has 1 fully saturated rings. The molecule has 1 aliphatic carbocycles. The Kier molecular flexibility index (Phi) is 4.79. The molecule has 2 rings (SSSR count). The monoisotopic (exact) mass is 327 g/mol. The molecule has 4 nitrogen and oxygen atoms in total. The largest absolute Gasteiger partial charge is 0.372 e. The zero-order valence-corrected chi connectivity index (χ0v) is 13.6. The first-order valence-electron chi connectivity index (χ1n) is 6.95. The number of anilines is 1. The molecule has 1 aliphatic rings. The maximum absolute atomic E-state index is 5.82.